The van der Waals surface area contributed by atoms with Gasteiger partial charge in [-0.25, -0.2) is 0 Å². The van der Waals surface area contributed by atoms with E-state index in [0.29, 0.717) is 0 Å². The number of nitro benzene ring substituents is 2. The number of hydrogen-bond acceptors (Lipinski definition) is 6. The molecule has 0 saturated heterocycles. The van der Waals surface area contributed by atoms with Gasteiger partial charge in [-0.15, -0.1) is 0 Å². The van der Waals surface area contributed by atoms with E-state index in [0.717, 1.165) is 48.1 Å². The summed E-state index contributed by atoms with van der Waals surface area (Å²) in [5.74, 6) is 0. The average molecular weight is 651 g/mol. The number of rotatable bonds is 6. The van der Waals surface area contributed by atoms with Crippen molar-refractivity contribution < 1.29 is 9.85 Å². The second-order valence-electron chi connectivity index (χ2n) is 8.34. The average Bonchev–Trinajstić information content (AvgIpc) is 3.36. The van der Waals surface area contributed by atoms with Gasteiger partial charge in [-0.2, -0.15) is 5.10 Å². The summed E-state index contributed by atoms with van der Waals surface area (Å²) in [5, 5.41) is 26.5. The van der Waals surface area contributed by atoms with Gasteiger partial charge in [-0.3, -0.25) is 25.7 Å². The lowest BCUT2D eigenvalue weighted by atomic mass is 10.1. The fourth-order valence-corrected chi connectivity index (χ4v) is 4.23. The maximum atomic E-state index is 10.6. The Morgan fingerprint density at radius 3 is 1.92 bits per heavy atom. The first kappa shape index (κ1) is 27.7. The summed E-state index contributed by atoms with van der Waals surface area (Å²) < 4.78 is 2.02. The first-order valence-corrected chi connectivity index (χ1v) is 13.1. The summed E-state index contributed by atoms with van der Waals surface area (Å²) in [6, 6.07) is 28.5. The van der Waals surface area contributed by atoms with Gasteiger partial charge < -0.3 is 4.98 Å². The Kier molecular flexibility index (Phi) is 8.84. The van der Waals surface area contributed by atoms with Gasteiger partial charge in [-0.1, -0.05) is 31.9 Å². The van der Waals surface area contributed by atoms with Gasteiger partial charge in [0.15, 0.2) is 0 Å². The monoisotopic (exact) mass is 649 g/mol. The SMILES string of the molecule is C/C(=N/Nc1ccc(Br)cc1)c1ccc([N+](=O)[O-])cc1.O=[N+]([O-])c1ccc(-c2cc3cc(Br)ccc3[nH]2)cc1. The molecule has 1 heterocycles. The van der Waals surface area contributed by atoms with Crippen molar-refractivity contribution in [2.24, 2.45) is 5.10 Å². The number of non-ortho nitro benzene ring substituents is 2. The molecule has 39 heavy (non-hydrogen) atoms. The summed E-state index contributed by atoms with van der Waals surface area (Å²) in [5.41, 5.74) is 8.48. The van der Waals surface area contributed by atoms with E-state index in [2.05, 4.69) is 47.4 Å². The van der Waals surface area contributed by atoms with E-state index in [1.54, 1.807) is 24.3 Å². The largest absolute Gasteiger partial charge is 0.355 e. The number of halogens is 2. The zero-order valence-corrected chi connectivity index (χ0v) is 23.6. The number of H-pyrrole nitrogens is 1. The first-order valence-electron chi connectivity index (χ1n) is 11.5. The van der Waals surface area contributed by atoms with Gasteiger partial charge in [0.05, 0.1) is 21.2 Å². The number of benzene rings is 4. The van der Waals surface area contributed by atoms with Crippen molar-refractivity contribution in [1.82, 2.24) is 4.98 Å². The maximum absolute atomic E-state index is 10.6. The predicted octanol–water partition coefficient (Wildman–Crippen LogP) is 8.70. The molecule has 11 heteroatoms. The third-order valence-electron chi connectivity index (χ3n) is 5.66. The van der Waals surface area contributed by atoms with Crippen LogP contribution in [0.2, 0.25) is 0 Å². The molecule has 0 unspecified atom stereocenters. The molecular weight excluding hydrogens is 630 g/mol. The van der Waals surface area contributed by atoms with E-state index in [-0.39, 0.29) is 11.4 Å². The lowest BCUT2D eigenvalue weighted by Crippen LogP contribution is -2.00. The van der Waals surface area contributed by atoms with Crippen LogP contribution in [0.25, 0.3) is 22.2 Å². The van der Waals surface area contributed by atoms with Crippen molar-refractivity contribution in [2.75, 3.05) is 5.43 Å². The van der Waals surface area contributed by atoms with Crippen LogP contribution < -0.4 is 5.43 Å². The number of nitro groups is 2. The molecule has 196 valence electrons. The lowest BCUT2D eigenvalue weighted by molar-refractivity contribution is -0.385. The number of aromatic amines is 1. The Balaban J connectivity index is 0.000000181. The highest BCUT2D eigenvalue weighted by Crippen LogP contribution is 2.27. The number of nitrogens with one attached hydrogen (secondary N) is 2. The molecule has 4 aromatic carbocycles. The molecule has 0 aliphatic carbocycles. The highest BCUT2D eigenvalue weighted by atomic mass is 79.9. The molecule has 0 saturated carbocycles. The molecule has 9 nitrogen and oxygen atoms in total. The summed E-state index contributed by atoms with van der Waals surface area (Å²) in [4.78, 5) is 23.7. The number of nitrogens with zero attached hydrogens (tertiary/aromatic N) is 3. The standard InChI is InChI=1S/C14H12BrN3O2.C14H9BrN2O2/c1-10(11-2-8-14(9-3-11)18(19)20)16-17-13-6-4-12(15)5-7-13;15-11-3-6-13-10(7-11)8-14(16-13)9-1-4-12(5-2-9)17(18)19/h2-9,17H,1H3;1-8,16H/b16-10-;. The van der Waals surface area contributed by atoms with Crippen molar-refractivity contribution in [1.29, 1.82) is 0 Å². The molecule has 0 atom stereocenters. The predicted molar refractivity (Wildman–Crippen MR) is 161 cm³/mol. The molecule has 5 rings (SSSR count). The van der Waals surface area contributed by atoms with E-state index < -0.39 is 9.85 Å². The third kappa shape index (κ3) is 7.37. The molecule has 0 aliphatic heterocycles. The Hall–Kier alpha value is -4.35. The Morgan fingerprint density at radius 2 is 1.33 bits per heavy atom. The van der Waals surface area contributed by atoms with Crippen LogP contribution in [0.1, 0.15) is 12.5 Å². The molecule has 0 radical (unpaired) electrons. The number of hydrogen-bond donors (Lipinski definition) is 2. The number of anilines is 1. The molecule has 2 N–H and O–H groups in total. The second kappa shape index (κ2) is 12.5. The first-order chi connectivity index (χ1) is 18.7. The van der Waals surface area contributed by atoms with Crippen molar-refractivity contribution in [3.05, 3.63) is 132 Å². The fourth-order valence-electron chi connectivity index (χ4n) is 3.58. The highest BCUT2D eigenvalue weighted by Gasteiger charge is 2.08. The van der Waals surface area contributed by atoms with Crippen LogP contribution in [0.3, 0.4) is 0 Å². The summed E-state index contributed by atoms with van der Waals surface area (Å²) in [7, 11) is 0. The second-order valence-corrected chi connectivity index (χ2v) is 10.2. The van der Waals surface area contributed by atoms with Crippen molar-refractivity contribution >= 4 is 65.5 Å². The zero-order valence-electron chi connectivity index (χ0n) is 20.5. The quantitative estimate of drug-likeness (QED) is 0.108. The number of fused-ring (bicyclic) bond motifs is 1. The summed E-state index contributed by atoms with van der Waals surface area (Å²) >= 11 is 6.80. The molecular formula is C28H21Br2N5O4. The van der Waals surface area contributed by atoms with E-state index in [1.165, 1.54) is 24.3 Å². The van der Waals surface area contributed by atoms with Gasteiger partial charge in [0, 0.05) is 49.8 Å². The Bertz CT molecular complexity index is 1650. The molecule has 0 amide bonds. The topological polar surface area (TPSA) is 126 Å². The van der Waals surface area contributed by atoms with E-state index >= 15 is 0 Å². The van der Waals surface area contributed by atoms with Crippen LogP contribution in [0.15, 0.2) is 111 Å². The van der Waals surface area contributed by atoms with Crippen LogP contribution in [0.5, 0.6) is 0 Å². The number of aromatic nitrogens is 1. The number of hydrazone groups is 1. The molecule has 0 fully saturated rings. The highest BCUT2D eigenvalue weighted by molar-refractivity contribution is 9.10. The van der Waals surface area contributed by atoms with Gasteiger partial charge in [0.25, 0.3) is 11.4 Å². The summed E-state index contributed by atoms with van der Waals surface area (Å²) in [6.07, 6.45) is 0. The molecule has 5 aromatic rings. The Labute approximate surface area is 240 Å². The fraction of sp³-hybridized carbons (Fsp3) is 0.0357. The van der Waals surface area contributed by atoms with Crippen molar-refractivity contribution in [2.45, 2.75) is 6.92 Å². The Morgan fingerprint density at radius 1 is 0.769 bits per heavy atom. The third-order valence-corrected chi connectivity index (χ3v) is 6.69. The summed E-state index contributed by atoms with van der Waals surface area (Å²) in [6.45, 7) is 1.84. The van der Waals surface area contributed by atoms with Crippen LogP contribution in [0.4, 0.5) is 17.1 Å². The van der Waals surface area contributed by atoms with E-state index in [9.17, 15) is 20.2 Å². The van der Waals surface area contributed by atoms with Gasteiger partial charge in [0.1, 0.15) is 0 Å². The normalized spacial score (nSPS) is 11.0. The van der Waals surface area contributed by atoms with E-state index in [4.69, 9.17) is 0 Å². The molecule has 0 bridgehead atoms. The van der Waals surface area contributed by atoms with Crippen molar-refractivity contribution in [3.8, 4) is 11.3 Å². The van der Waals surface area contributed by atoms with Crippen molar-refractivity contribution in [3.63, 3.8) is 0 Å². The molecule has 0 spiro atoms. The maximum Gasteiger partial charge on any atom is 0.269 e. The minimum Gasteiger partial charge on any atom is -0.355 e. The van der Waals surface area contributed by atoms with E-state index in [1.807, 2.05) is 55.5 Å². The molecule has 1 aromatic heterocycles. The van der Waals surface area contributed by atoms with Crippen LogP contribution >= 0.6 is 31.9 Å². The van der Waals surface area contributed by atoms with Gasteiger partial charge >= 0.3 is 0 Å². The minimum atomic E-state index is -0.420. The van der Waals surface area contributed by atoms with Crippen LogP contribution in [-0.2, 0) is 0 Å². The zero-order chi connectivity index (χ0) is 27.9. The lowest BCUT2D eigenvalue weighted by Gasteiger charge is -2.03. The minimum absolute atomic E-state index is 0.0717. The molecule has 0 aliphatic rings. The van der Waals surface area contributed by atoms with Crippen LogP contribution in [0, 0.1) is 20.2 Å². The van der Waals surface area contributed by atoms with Crippen LogP contribution in [-0.4, -0.2) is 20.5 Å². The van der Waals surface area contributed by atoms with Gasteiger partial charge in [-0.05, 0) is 90.8 Å². The smallest absolute Gasteiger partial charge is 0.269 e. The van der Waals surface area contributed by atoms with Gasteiger partial charge in [0.2, 0.25) is 0 Å².